The number of fused-ring (bicyclic) bond motifs is 1. The van der Waals surface area contributed by atoms with Crippen LogP contribution in [0.15, 0.2) is 48.8 Å². The van der Waals surface area contributed by atoms with Gasteiger partial charge in [0.05, 0.1) is 28.4 Å². The Balaban J connectivity index is 0.00000225. The zero-order chi connectivity index (χ0) is 18.8. The monoisotopic (exact) mass is 436 g/mol. The van der Waals surface area contributed by atoms with E-state index in [-0.39, 0.29) is 18.3 Å². The molecule has 2 N–H and O–H groups in total. The Morgan fingerprint density at radius 2 is 2.00 bits per heavy atom. The van der Waals surface area contributed by atoms with Crippen LogP contribution in [0, 0.1) is 0 Å². The fourth-order valence-electron chi connectivity index (χ4n) is 3.15. The van der Waals surface area contributed by atoms with Crippen LogP contribution in [0.25, 0.3) is 0 Å². The second kappa shape index (κ2) is 8.97. The zero-order valence-electron chi connectivity index (χ0n) is 14.9. The van der Waals surface area contributed by atoms with Crippen LogP contribution in [0.5, 0.6) is 0 Å². The summed E-state index contributed by atoms with van der Waals surface area (Å²) in [5.74, 6) is -0.177. The highest BCUT2D eigenvalue weighted by atomic mass is 35.5. The van der Waals surface area contributed by atoms with Crippen LogP contribution < -0.4 is 10.6 Å². The van der Waals surface area contributed by atoms with Crippen molar-refractivity contribution in [2.75, 3.05) is 11.9 Å². The normalized spacial score (nSPS) is 12.8. The first kappa shape index (κ1) is 20.7. The van der Waals surface area contributed by atoms with Gasteiger partial charge in [-0.2, -0.15) is 5.10 Å². The summed E-state index contributed by atoms with van der Waals surface area (Å²) in [5.41, 5.74) is 4.84. The van der Waals surface area contributed by atoms with Crippen molar-refractivity contribution in [2.24, 2.45) is 0 Å². The number of nitrogens with one attached hydrogen (secondary N) is 2. The van der Waals surface area contributed by atoms with Crippen LogP contribution >= 0.6 is 35.6 Å². The largest absolute Gasteiger partial charge is 0.322 e. The van der Waals surface area contributed by atoms with Crippen LogP contribution in [-0.2, 0) is 19.5 Å². The van der Waals surface area contributed by atoms with Crippen molar-refractivity contribution >= 4 is 47.2 Å². The summed E-state index contributed by atoms with van der Waals surface area (Å²) in [6.07, 6.45) is 4.26. The predicted molar refractivity (Wildman–Crippen MR) is 115 cm³/mol. The molecule has 146 valence electrons. The zero-order valence-corrected chi connectivity index (χ0v) is 17.2. The second-order valence-corrected chi connectivity index (χ2v) is 7.35. The molecule has 0 saturated heterocycles. The van der Waals surface area contributed by atoms with Crippen molar-refractivity contribution in [1.82, 2.24) is 15.1 Å². The molecule has 0 atom stereocenters. The number of nitrogens with zero attached hydrogens (tertiary/aromatic N) is 2. The number of carbonyl (C=O) groups is 1. The molecule has 0 fully saturated rings. The number of carbonyl (C=O) groups excluding carboxylic acids is 1. The molecule has 0 radical (unpaired) electrons. The molecule has 3 aromatic rings. The van der Waals surface area contributed by atoms with Crippen LogP contribution in [0.4, 0.5) is 5.69 Å². The molecule has 28 heavy (non-hydrogen) atoms. The third kappa shape index (κ3) is 4.67. The van der Waals surface area contributed by atoms with Gasteiger partial charge in [0.1, 0.15) is 0 Å². The average molecular weight is 438 g/mol. The SMILES string of the molecule is Cl.O=C(Nc1ccc2c(c1)CCNC2)c1cnn(Cc2ccc(Cl)c(Cl)c2)c1. The highest BCUT2D eigenvalue weighted by molar-refractivity contribution is 6.42. The highest BCUT2D eigenvalue weighted by Crippen LogP contribution is 2.23. The van der Waals surface area contributed by atoms with Crippen molar-refractivity contribution < 1.29 is 4.79 Å². The van der Waals surface area contributed by atoms with Crippen LogP contribution in [0.1, 0.15) is 27.0 Å². The minimum atomic E-state index is -0.177. The number of hydrogen-bond acceptors (Lipinski definition) is 3. The number of hydrogen-bond donors (Lipinski definition) is 2. The Hall–Kier alpha value is -2.05. The van der Waals surface area contributed by atoms with Gasteiger partial charge in [-0.3, -0.25) is 9.48 Å². The molecule has 2 heterocycles. The summed E-state index contributed by atoms with van der Waals surface area (Å²) in [7, 11) is 0. The van der Waals surface area contributed by atoms with Gasteiger partial charge in [0.15, 0.2) is 0 Å². The lowest BCUT2D eigenvalue weighted by Gasteiger charge is -2.18. The van der Waals surface area contributed by atoms with Crippen LogP contribution in [0.2, 0.25) is 10.0 Å². The van der Waals surface area contributed by atoms with E-state index in [0.29, 0.717) is 22.2 Å². The lowest BCUT2D eigenvalue weighted by atomic mass is 10.0. The van der Waals surface area contributed by atoms with E-state index in [1.54, 1.807) is 29.2 Å². The van der Waals surface area contributed by atoms with Crippen LogP contribution in [-0.4, -0.2) is 22.2 Å². The summed E-state index contributed by atoms with van der Waals surface area (Å²) in [5, 5.41) is 11.6. The van der Waals surface area contributed by atoms with Gasteiger partial charge >= 0.3 is 0 Å². The number of amides is 1. The van der Waals surface area contributed by atoms with Crippen molar-refractivity contribution in [3.63, 3.8) is 0 Å². The molecule has 0 saturated carbocycles. The maximum atomic E-state index is 12.5. The van der Waals surface area contributed by atoms with Crippen molar-refractivity contribution in [3.8, 4) is 0 Å². The summed E-state index contributed by atoms with van der Waals surface area (Å²) in [6.45, 7) is 2.35. The second-order valence-electron chi connectivity index (χ2n) is 6.54. The predicted octanol–water partition coefficient (Wildman–Crippen LogP) is 4.56. The summed E-state index contributed by atoms with van der Waals surface area (Å²) in [4.78, 5) is 12.5. The summed E-state index contributed by atoms with van der Waals surface area (Å²) >= 11 is 12.0. The van der Waals surface area contributed by atoms with Gasteiger partial charge in [-0.15, -0.1) is 12.4 Å². The lowest BCUT2D eigenvalue weighted by Crippen LogP contribution is -2.23. The fourth-order valence-corrected chi connectivity index (χ4v) is 3.47. The van der Waals surface area contributed by atoms with Gasteiger partial charge in [-0.25, -0.2) is 0 Å². The molecule has 5 nitrogen and oxygen atoms in total. The minimum Gasteiger partial charge on any atom is -0.322 e. The van der Waals surface area contributed by atoms with Gasteiger partial charge in [0.25, 0.3) is 5.91 Å². The van der Waals surface area contributed by atoms with E-state index < -0.39 is 0 Å². The van der Waals surface area contributed by atoms with E-state index in [0.717, 1.165) is 30.8 Å². The smallest absolute Gasteiger partial charge is 0.258 e. The Morgan fingerprint density at radius 1 is 1.14 bits per heavy atom. The maximum absolute atomic E-state index is 12.5. The van der Waals surface area contributed by atoms with Crippen molar-refractivity contribution in [1.29, 1.82) is 0 Å². The van der Waals surface area contributed by atoms with Gasteiger partial charge < -0.3 is 10.6 Å². The van der Waals surface area contributed by atoms with Crippen molar-refractivity contribution in [3.05, 3.63) is 81.1 Å². The summed E-state index contributed by atoms with van der Waals surface area (Å²) < 4.78 is 1.70. The Bertz CT molecular complexity index is 1000. The molecule has 0 unspecified atom stereocenters. The highest BCUT2D eigenvalue weighted by Gasteiger charge is 2.13. The minimum absolute atomic E-state index is 0. The number of rotatable bonds is 4. The maximum Gasteiger partial charge on any atom is 0.258 e. The Labute approximate surface area is 179 Å². The molecule has 2 aromatic carbocycles. The Kier molecular flexibility index (Phi) is 6.62. The van der Waals surface area contributed by atoms with E-state index in [1.165, 1.54) is 11.1 Å². The van der Waals surface area contributed by atoms with E-state index in [9.17, 15) is 4.79 Å². The molecule has 0 aliphatic carbocycles. The van der Waals surface area contributed by atoms with Gasteiger partial charge in [-0.05, 0) is 53.9 Å². The molecule has 1 aromatic heterocycles. The fraction of sp³-hybridized carbons (Fsp3) is 0.200. The van der Waals surface area contributed by atoms with Crippen LogP contribution in [0.3, 0.4) is 0 Å². The molecular weight excluding hydrogens is 419 g/mol. The molecule has 4 rings (SSSR count). The first-order valence-electron chi connectivity index (χ1n) is 8.69. The molecule has 0 spiro atoms. The number of anilines is 1. The Morgan fingerprint density at radius 3 is 2.82 bits per heavy atom. The molecule has 0 bridgehead atoms. The number of halogens is 3. The quantitative estimate of drug-likeness (QED) is 0.629. The third-order valence-corrected chi connectivity index (χ3v) is 5.31. The average Bonchev–Trinajstić information content (AvgIpc) is 3.13. The van der Waals surface area contributed by atoms with Crippen molar-refractivity contribution in [2.45, 2.75) is 19.5 Å². The number of benzene rings is 2. The topological polar surface area (TPSA) is 59.0 Å². The molecule has 1 aliphatic heterocycles. The van der Waals surface area contributed by atoms with E-state index in [1.807, 2.05) is 18.2 Å². The number of aromatic nitrogens is 2. The summed E-state index contributed by atoms with van der Waals surface area (Å²) in [6, 6.07) is 11.5. The van der Waals surface area contributed by atoms with E-state index in [4.69, 9.17) is 23.2 Å². The third-order valence-electron chi connectivity index (χ3n) is 4.57. The van der Waals surface area contributed by atoms with E-state index >= 15 is 0 Å². The van der Waals surface area contributed by atoms with Gasteiger partial charge in [-0.1, -0.05) is 35.3 Å². The van der Waals surface area contributed by atoms with Gasteiger partial charge in [0, 0.05) is 18.4 Å². The standard InChI is InChI=1S/C20H18Cl2N4O.ClH/c21-18-4-1-13(7-19(18)22)11-26-12-16(10-24-26)20(27)25-17-3-2-15-9-23-6-5-14(15)8-17;/h1-4,7-8,10,12,23H,5-6,9,11H2,(H,25,27);1H. The molecular formula is C20H19Cl3N4O. The lowest BCUT2D eigenvalue weighted by molar-refractivity contribution is 0.102. The van der Waals surface area contributed by atoms with Gasteiger partial charge in [0.2, 0.25) is 0 Å². The van der Waals surface area contributed by atoms with E-state index in [2.05, 4.69) is 21.8 Å². The first-order chi connectivity index (χ1) is 13.1. The molecule has 8 heteroatoms. The first-order valence-corrected chi connectivity index (χ1v) is 9.44. The molecule has 1 amide bonds. The molecule has 1 aliphatic rings.